The average molecular weight is 417 g/mol. The number of benzene rings is 2. The largest absolute Gasteiger partial charge is 0.350 e. The summed E-state index contributed by atoms with van der Waals surface area (Å²) in [6.45, 7) is 5.01. The topological polar surface area (TPSA) is 67.2 Å². The highest BCUT2D eigenvalue weighted by atomic mass is 16.2. The Morgan fingerprint density at radius 3 is 2.42 bits per heavy atom. The summed E-state index contributed by atoms with van der Waals surface area (Å²) >= 11 is 0. The maximum atomic E-state index is 13.0. The first-order valence-electron chi connectivity index (χ1n) is 10.8. The SMILES string of the molecule is Cc1nn(-c2ccccc2)c(C)c1CNC(=O)C1CCCN1C(=O)Cc1ccccc1. The molecule has 1 saturated heterocycles. The minimum atomic E-state index is -0.402. The van der Waals surface area contributed by atoms with Gasteiger partial charge < -0.3 is 10.2 Å². The lowest BCUT2D eigenvalue weighted by Gasteiger charge is -2.24. The van der Waals surface area contributed by atoms with E-state index in [4.69, 9.17) is 0 Å². The molecule has 1 fully saturated rings. The summed E-state index contributed by atoms with van der Waals surface area (Å²) in [4.78, 5) is 27.5. The molecular formula is C25H28N4O2. The molecule has 160 valence electrons. The maximum Gasteiger partial charge on any atom is 0.243 e. The number of likely N-dealkylation sites (tertiary alicyclic amines) is 1. The van der Waals surface area contributed by atoms with Crippen LogP contribution in [0.1, 0.15) is 35.4 Å². The van der Waals surface area contributed by atoms with E-state index in [1.165, 1.54) is 0 Å². The molecule has 6 nitrogen and oxygen atoms in total. The van der Waals surface area contributed by atoms with E-state index in [9.17, 15) is 9.59 Å². The summed E-state index contributed by atoms with van der Waals surface area (Å²) < 4.78 is 1.90. The standard InChI is InChI=1S/C25H28N4O2/c1-18-22(19(2)29(27-18)21-12-7-4-8-13-21)17-26-25(31)23-14-9-15-28(23)24(30)16-20-10-5-3-6-11-20/h3-8,10-13,23H,9,14-17H2,1-2H3,(H,26,31). The Morgan fingerprint density at radius 1 is 1.03 bits per heavy atom. The lowest BCUT2D eigenvalue weighted by Crippen LogP contribution is -2.46. The van der Waals surface area contributed by atoms with Gasteiger partial charge in [0.2, 0.25) is 11.8 Å². The molecule has 3 aromatic rings. The predicted molar refractivity (Wildman–Crippen MR) is 120 cm³/mol. The number of para-hydroxylation sites is 1. The fourth-order valence-electron chi connectivity index (χ4n) is 4.25. The van der Waals surface area contributed by atoms with Crippen LogP contribution in [0.2, 0.25) is 0 Å². The van der Waals surface area contributed by atoms with E-state index in [2.05, 4.69) is 10.4 Å². The van der Waals surface area contributed by atoms with Crippen molar-refractivity contribution in [3.63, 3.8) is 0 Å². The third-order valence-electron chi connectivity index (χ3n) is 5.96. The number of aromatic nitrogens is 2. The molecule has 1 N–H and O–H groups in total. The molecule has 0 spiro atoms. The smallest absolute Gasteiger partial charge is 0.243 e. The van der Waals surface area contributed by atoms with Crippen LogP contribution in [-0.4, -0.2) is 39.1 Å². The zero-order valence-corrected chi connectivity index (χ0v) is 18.0. The lowest BCUT2D eigenvalue weighted by molar-refractivity contribution is -0.138. The molecule has 6 heteroatoms. The van der Waals surface area contributed by atoms with Crippen LogP contribution < -0.4 is 5.32 Å². The highest BCUT2D eigenvalue weighted by Gasteiger charge is 2.33. The molecule has 2 amide bonds. The van der Waals surface area contributed by atoms with Gasteiger partial charge in [0.05, 0.1) is 17.8 Å². The average Bonchev–Trinajstić information content (AvgIpc) is 3.39. The summed E-state index contributed by atoms with van der Waals surface area (Å²) in [5, 5.41) is 7.70. The molecule has 1 unspecified atom stereocenters. The van der Waals surface area contributed by atoms with E-state index in [1.807, 2.05) is 79.2 Å². The van der Waals surface area contributed by atoms with Crippen LogP contribution in [0.4, 0.5) is 0 Å². The first-order chi connectivity index (χ1) is 15.0. The van der Waals surface area contributed by atoms with Gasteiger partial charge in [-0.05, 0) is 44.4 Å². The molecule has 1 aliphatic heterocycles. The zero-order chi connectivity index (χ0) is 21.8. The van der Waals surface area contributed by atoms with Crippen LogP contribution in [-0.2, 0) is 22.6 Å². The molecular weight excluding hydrogens is 388 g/mol. The van der Waals surface area contributed by atoms with Crippen LogP contribution in [0.25, 0.3) is 5.69 Å². The Hall–Kier alpha value is -3.41. The first kappa shape index (κ1) is 20.8. The number of aryl methyl sites for hydroxylation is 1. The molecule has 1 aliphatic rings. The first-order valence-corrected chi connectivity index (χ1v) is 10.8. The van der Waals surface area contributed by atoms with Crippen molar-refractivity contribution in [1.82, 2.24) is 20.0 Å². The summed E-state index contributed by atoms with van der Waals surface area (Å²) in [6, 6.07) is 19.2. The van der Waals surface area contributed by atoms with Crippen molar-refractivity contribution in [1.29, 1.82) is 0 Å². The minimum absolute atomic E-state index is 0.00751. The summed E-state index contributed by atoms with van der Waals surface area (Å²) in [7, 11) is 0. The highest BCUT2D eigenvalue weighted by Crippen LogP contribution is 2.21. The van der Waals surface area contributed by atoms with E-state index in [-0.39, 0.29) is 11.8 Å². The van der Waals surface area contributed by atoms with Gasteiger partial charge in [0.15, 0.2) is 0 Å². The van der Waals surface area contributed by atoms with Gasteiger partial charge in [0.25, 0.3) is 0 Å². The van der Waals surface area contributed by atoms with Gasteiger partial charge in [-0.15, -0.1) is 0 Å². The Kier molecular flexibility index (Phi) is 6.16. The number of carbonyl (C=O) groups excluding carboxylic acids is 2. The van der Waals surface area contributed by atoms with E-state index in [0.717, 1.165) is 34.6 Å². The number of rotatable bonds is 6. The Balaban J connectivity index is 1.41. The third kappa shape index (κ3) is 4.53. The second-order valence-corrected chi connectivity index (χ2v) is 8.02. The van der Waals surface area contributed by atoms with E-state index in [1.54, 1.807) is 4.90 Å². The van der Waals surface area contributed by atoms with Crippen LogP contribution >= 0.6 is 0 Å². The third-order valence-corrected chi connectivity index (χ3v) is 5.96. The number of amides is 2. The number of nitrogens with one attached hydrogen (secondary N) is 1. The Bertz CT molecular complexity index is 1060. The maximum absolute atomic E-state index is 13.0. The van der Waals surface area contributed by atoms with E-state index >= 15 is 0 Å². The normalized spacial score (nSPS) is 15.8. The predicted octanol–water partition coefficient (Wildman–Crippen LogP) is 3.34. The summed E-state index contributed by atoms with van der Waals surface area (Å²) in [5.41, 5.74) is 4.88. The van der Waals surface area contributed by atoms with Crippen LogP contribution in [0, 0.1) is 13.8 Å². The molecule has 1 atom stereocenters. The molecule has 0 saturated carbocycles. The Morgan fingerprint density at radius 2 is 1.71 bits per heavy atom. The van der Waals surface area contributed by atoms with Crippen LogP contribution in [0.15, 0.2) is 60.7 Å². The number of hydrogen-bond acceptors (Lipinski definition) is 3. The van der Waals surface area contributed by atoms with Gasteiger partial charge in [-0.3, -0.25) is 9.59 Å². The van der Waals surface area contributed by atoms with Crippen molar-refractivity contribution in [2.24, 2.45) is 0 Å². The Labute approximate surface area is 182 Å². The lowest BCUT2D eigenvalue weighted by atomic mass is 10.1. The van der Waals surface area contributed by atoms with Crippen LogP contribution in [0.5, 0.6) is 0 Å². The fraction of sp³-hybridized carbons (Fsp3) is 0.320. The van der Waals surface area contributed by atoms with Crippen molar-refractivity contribution in [2.75, 3.05) is 6.54 Å². The van der Waals surface area contributed by atoms with E-state index in [0.29, 0.717) is 25.9 Å². The van der Waals surface area contributed by atoms with Gasteiger partial charge in [0, 0.05) is 24.3 Å². The van der Waals surface area contributed by atoms with Crippen LogP contribution in [0.3, 0.4) is 0 Å². The zero-order valence-electron chi connectivity index (χ0n) is 18.0. The minimum Gasteiger partial charge on any atom is -0.350 e. The second-order valence-electron chi connectivity index (χ2n) is 8.02. The van der Waals surface area contributed by atoms with Gasteiger partial charge in [0.1, 0.15) is 6.04 Å². The molecule has 0 aliphatic carbocycles. The fourth-order valence-corrected chi connectivity index (χ4v) is 4.25. The quantitative estimate of drug-likeness (QED) is 0.670. The molecule has 4 rings (SSSR count). The van der Waals surface area contributed by atoms with Gasteiger partial charge in [-0.1, -0.05) is 48.5 Å². The molecule has 0 bridgehead atoms. The van der Waals surface area contributed by atoms with Crippen molar-refractivity contribution in [2.45, 2.75) is 45.7 Å². The van der Waals surface area contributed by atoms with Gasteiger partial charge in [-0.2, -0.15) is 5.10 Å². The monoisotopic (exact) mass is 416 g/mol. The second kappa shape index (κ2) is 9.16. The summed E-state index contributed by atoms with van der Waals surface area (Å²) in [6.07, 6.45) is 1.88. The summed E-state index contributed by atoms with van der Waals surface area (Å²) in [5.74, 6) is -0.0849. The van der Waals surface area contributed by atoms with Crippen molar-refractivity contribution in [3.8, 4) is 5.69 Å². The van der Waals surface area contributed by atoms with Crippen molar-refractivity contribution < 1.29 is 9.59 Å². The molecule has 1 aromatic heterocycles. The number of hydrogen-bond donors (Lipinski definition) is 1. The molecule has 2 aromatic carbocycles. The number of carbonyl (C=O) groups is 2. The van der Waals surface area contributed by atoms with Crippen molar-refractivity contribution >= 4 is 11.8 Å². The number of nitrogens with zero attached hydrogens (tertiary/aromatic N) is 3. The van der Waals surface area contributed by atoms with Gasteiger partial charge in [-0.25, -0.2) is 4.68 Å². The molecule has 31 heavy (non-hydrogen) atoms. The van der Waals surface area contributed by atoms with Gasteiger partial charge >= 0.3 is 0 Å². The van der Waals surface area contributed by atoms with Crippen molar-refractivity contribution in [3.05, 3.63) is 83.2 Å². The molecule has 0 radical (unpaired) electrons. The molecule has 2 heterocycles. The van der Waals surface area contributed by atoms with E-state index < -0.39 is 6.04 Å². The highest BCUT2D eigenvalue weighted by molar-refractivity contribution is 5.89.